The highest BCUT2D eigenvalue weighted by atomic mass is 16.7. The van der Waals surface area contributed by atoms with Gasteiger partial charge >= 0.3 is 0 Å². The van der Waals surface area contributed by atoms with Gasteiger partial charge in [0.15, 0.2) is 11.5 Å². The molecule has 0 saturated heterocycles. The van der Waals surface area contributed by atoms with Crippen molar-refractivity contribution in [2.75, 3.05) is 24.5 Å². The molecule has 0 unspecified atom stereocenters. The van der Waals surface area contributed by atoms with Gasteiger partial charge in [-0.3, -0.25) is 0 Å². The maximum atomic E-state index is 5.68. The van der Waals surface area contributed by atoms with Crippen LogP contribution in [0.15, 0.2) is 42.5 Å². The predicted octanol–water partition coefficient (Wildman–Crippen LogP) is 2.77. The lowest BCUT2D eigenvalue weighted by Crippen LogP contribution is -2.09. The van der Waals surface area contributed by atoms with Gasteiger partial charge in [-0.25, -0.2) is 0 Å². The van der Waals surface area contributed by atoms with Crippen molar-refractivity contribution in [1.82, 2.24) is 0 Å². The fourth-order valence-electron chi connectivity index (χ4n) is 1.94. The van der Waals surface area contributed by atoms with Crippen molar-refractivity contribution < 1.29 is 9.47 Å². The third kappa shape index (κ3) is 1.82. The normalized spacial score (nSPS) is 12.5. The van der Waals surface area contributed by atoms with Crippen LogP contribution in [0.4, 0.5) is 17.1 Å². The Morgan fingerprint density at radius 2 is 1.61 bits per heavy atom. The second-order valence-electron chi connectivity index (χ2n) is 4.19. The van der Waals surface area contributed by atoms with E-state index >= 15 is 0 Å². The van der Waals surface area contributed by atoms with Gasteiger partial charge in [0.25, 0.3) is 0 Å². The Morgan fingerprint density at radius 3 is 2.39 bits per heavy atom. The van der Waals surface area contributed by atoms with Crippen molar-refractivity contribution in [1.29, 1.82) is 0 Å². The SMILES string of the molecule is CN(c1ccc(N)cc1)c1ccc2c(c1)OCO2. The van der Waals surface area contributed by atoms with Gasteiger partial charge in [-0.1, -0.05) is 0 Å². The van der Waals surface area contributed by atoms with Gasteiger partial charge in [-0.05, 0) is 36.4 Å². The number of nitrogens with zero attached hydrogens (tertiary/aromatic N) is 1. The first-order valence-electron chi connectivity index (χ1n) is 5.73. The summed E-state index contributed by atoms with van der Waals surface area (Å²) < 4.78 is 10.7. The molecular weight excluding hydrogens is 228 g/mol. The quantitative estimate of drug-likeness (QED) is 0.823. The molecule has 0 bridgehead atoms. The summed E-state index contributed by atoms with van der Waals surface area (Å²) in [5.74, 6) is 1.58. The van der Waals surface area contributed by atoms with Crippen LogP contribution in [0.25, 0.3) is 0 Å². The van der Waals surface area contributed by atoms with E-state index in [1.165, 1.54) is 0 Å². The van der Waals surface area contributed by atoms with Crippen LogP contribution in [0.5, 0.6) is 11.5 Å². The van der Waals surface area contributed by atoms with Crippen LogP contribution in [-0.4, -0.2) is 13.8 Å². The third-order valence-electron chi connectivity index (χ3n) is 3.02. The Morgan fingerprint density at radius 1 is 0.944 bits per heavy atom. The van der Waals surface area contributed by atoms with Crippen LogP contribution in [0, 0.1) is 0 Å². The second-order valence-corrected chi connectivity index (χ2v) is 4.19. The van der Waals surface area contributed by atoms with Crippen LogP contribution in [0.2, 0.25) is 0 Å². The van der Waals surface area contributed by atoms with Gasteiger partial charge in [0.05, 0.1) is 0 Å². The van der Waals surface area contributed by atoms with E-state index in [4.69, 9.17) is 15.2 Å². The summed E-state index contributed by atoms with van der Waals surface area (Å²) >= 11 is 0. The lowest BCUT2D eigenvalue weighted by atomic mass is 10.2. The van der Waals surface area contributed by atoms with E-state index in [2.05, 4.69) is 4.90 Å². The number of hydrogen-bond donors (Lipinski definition) is 1. The molecule has 0 aliphatic carbocycles. The molecule has 1 aliphatic rings. The number of benzene rings is 2. The van der Waals surface area contributed by atoms with Gasteiger partial charge in [-0.15, -0.1) is 0 Å². The van der Waals surface area contributed by atoms with Gasteiger partial charge in [-0.2, -0.15) is 0 Å². The minimum Gasteiger partial charge on any atom is -0.454 e. The van der Waals surface area contributed by atoms with Gasteiger partial charge in [0.2, 0.25) is 6.79 Å². The lowest BCUT2D eigenvalue weighted by Gasteiger charge is -2.19. The van der Waals surface area contributed by atoms with E-state index in [1.807, 2.05) is 49.5 Å². The number of anilines is 3. The topological polar surface area (TPSA) is 47.7 Å². The number of nitrogen functional groups attached to an aromatic ring is 1. The number of rotatable bonds is 2. The van der Waals surface area contributed by atoms with Crippen molar-refractivity contribution in [2.24, 2.45) is 0 Å². The molecule has 0 atom stereocenters. The van der Waals surface area contributed by atoms with E-state index in [1.54, 1.807) is 0 Å². The molecule has 0 saturated carbocycles. The molecule has 18 heavy (non-hydrogen) atoms. The monoisotopic (exact) mass is 242 g/mol. The second kappa shape index (κ2) is 4.14. The zero-order valence-electron chi connectivity index (χ0n) is 10.1. The van der Waals surface area contributed by atoms with Crippen LogP contribution in [0.1, 0.15) is 0 Å². The van der Waals surface area contributed by atoms with Gasteiger partial charge < -0.3 is 20.1 Å². The van der Waals surface area contributed by atoms with Crippen molar-refractivity contribution in [2.45, 2.75) is 0 Å². The average Bonchev–Trinajstić information content (AvgIpc) is 2.86. The highest BCUT2D eigenvalue weighted by Crippen LogP contribution is 2.36. The first kappa shape index (κ1) is 10.8. The van der Waals surface area contributed by atoms with Crippen molar-refractivity contribution in [3.05, 3.63) is 42.5 Å². The number of hydrogen-bond acceptors (Lipinski definition) is 4. The van der Waals surface area contributed by atoms with Crippen LogP contribution < -0.4 is 20.1 Å². The molecule has 2 aromatic carbocycles. The van der Waals surface area contributed by atoms with Crippen LogP contribution in [-0.2, 0) is 0 Å². The number of ether oxygens (including phenoxy) is 2. The van der Waals surface area contributed by atoms with Gasteiger partial charge in [0, 0.05) is 30.2 Å². The Hall–Kier alpha value is -2.36. The number of fused-ring (bicyclic) bond motifs is 1. The Labute approximate surface area is 106 Å². The van der Waals surface area contributed by atoms with Crippen LogP contribution in [0.3, 0.4) is 0 Å². The highest BCUT2D eigenvalue weighted by Gasteiger charge is 2.15. The maximum Gasteiger partial charge on any atom is 0.231 e. The van der Waals surface area contributed by atoms with Crippen molar-refractivity contribution in [3.8, 4) is 11.5 Å². The largest absolute Gasteiger partial charge is 0.454 e. The van der Waals surface area contributed by atoms with E-state index in [-0.39, 0.29) is 0 Å². The zero-order chi connectivity index (χ0) is 12.5. The highest BCUT2D eigenvalue weighted by molar-refractivity contribution is 5.67. The van der Waals surface area contributed by atoms with E-state index in [0.29, 0.717) is 6.79 Å². The smallest absolute Gasteiger partial charge is 0.231 e. The fourth-order valence-corrected chi connectivity index (χ4v) is 1.94. The molecule has 1 heterocycles. The zero-order valence-corrected chi connectivity index (χ0v) is 10.1. The standard InChI is InChI=1S/C14H14N2O2/c1-16(11-4-2-10(15)3-5-11)12-6-7-13-14(8-12)18-9-17-13/h2-8H,9,15H2,1H3. The minimum absolute atomic E-state index is 0.296. The Kier molecular flexibility index (Phi) is 2.48. The van der Waals surface area contributed by atoms with Crippen molar-refractivity contribution >= 4 is 17.1 Å². The molecule has 0 radical (unpaired) electrons. The first-order valence-corrected chi connectivity index (χ1v) is 5.73. The van der Waals surface area contributed by atoms with Gasteiger partial charge in [0.1, 0.15) is 0 Å². The Balaban J connectivity index is 1.92. The van der Waals surface area contributed by atoms with E-state index in [0.717, 1.165) is 28.6 Å². The molecule has 0 spiro atoms. The molecule has 2 aromatic rings. The summed E-state index contributed by atoms with van der Waals surface area (Å²) in [5.41, 5.74) is 8.56. The lowest BCUT2D eigenvalue weighted by molar-refractivity contribution is 0.174. The molecule has 2 N–H and O–H groups in total. The first-order chi connectivity index (χ1) is 8.74. The van der Waals surface area contributed by atoms with Crippen LogP contribution >= 0.6 is 0 Å². The summed E-state index contributed by atoms with van der Waals surface area (Å²) in [7, 11) is 2.00. The van der Waals surface area contributed by atoms with E-state index < -0.39 is 0 Å². The Bertz CT molecular complexity index is 567. The fraction of sp³-hybridized carbons (Fsp3) is 0.143. The number of nitrogens with two attached hydrogens (primary N) is 1. The molecule has 3 rings (SSSR count). The van der Waals surface area contributed by atoms with Crippen molar-refractivity contribution in [3.63, 3.8) is 0 Å². The molecule has 4 nitrogen and oxygen atoms in total. The predicted molar refractivity (Wildman–Crippen MR) is 71.5 cm³/mol. The third-order valence-corrected chi connectivity index (χ3v) is 3.02. The molecule has 0 amide bonds. The molecule has 4 heteroatoms. The summed E-state index contributed by atoms with van der Waals surface area (Å²) in [6.45, 7) is 0.296. The minimum atomic E-state index is 0.296. The molecule has 0 fully saturated rings. The molecule has 92 valence electrons. The molecule has 0 aromatic heterocycles. The summed E-state index contributed by atoms with van der Waals surface area (Å²) in [4.78, 5) is 2.07. The summed E-state index contributed by atoms with van der Waals surface area (Å²) in [5, 5.41) is 0. The summed E-state index contributed by atoms with van der Waals surface area (Å²) in [6, 6.07) is 13.6. The molecular formula is C14H14N2O2. The average molecular weight is 242 g/mol. The maximum absolute atomic E-state index is 5.68. The molecule has 1 aliphatic heterocycles. The van der Waals surface area contributed by atoms with E-state index in [9.17, 15) is 0 Å². The summed E-state index contributed by atoms with van der Waals surface area (Å²) in [6.07, 6.45) is 0.